The van der Waals surface area contributed by atoms with Gasteiger partial charge in [0.25, 0.3) is 0 Å². The number of fused-ring (bicyclic) bond motifs is 1. The summed E-state index contributed by atoms with van der Waals surface area (Å²) < 4.78 is 15.2. The summed E-state index contributed by atoms with van der Waals surface area (Å²) in [6, 6.07) is 12.5. The molecule has 0 radical (unpaired) electrons. The zero-order valence-electron chi connectivity index (χ0n) is 11.4. The molecule has 0 bridgehead atoms. The Morgan fingerprint density at radius 2 is 1.90 bits per heavy atom. The molecule has 3 rings (SSSR count). The largest absolute Gasteiger partial charge is 0.465 e. The molecule has 2 aromatic carbocycles. The van der Waals surface area contributed by atoms with Crippen molar-refractivity contribution >= 4 is 17.9 Å². The van der Waals surface area contributed by atoms with Crippen LogP contribution in [0.4, 0.5) is 5.69 Å². The fourth-order valence-electron chi connectivity index (χ4n) is 1.94. The van der Waals surface area contributed by atoms with Gasteiger partial charge in [0.15, 0.2) is 11.5 Å². The SMILES string of the molecule is COC(=O)c1ccc(N=Cc2ccc3c(c2)OCO3)cc1. The molecule has 0 amide bonds. The summed E-state index contributed by atoms with van der Waals surface area (Å²) >= 11 is 0. The van der Waals surface area contributed by atoms with Crippen molar-refractivity contribution in [3.8, 4) is 11.5 Å². The highest BCUT2D eigenvalue weighted by atomic mass is 16.7. The van der Waals surface area contributed by atoms with Crippen LogP contribution in [0.2, 0.25) is 0 Å². The van der Waals surface area contributed by atoms with E-state index in [1.807, 2.05) is 18.2 Å². The number of benzene rings is 2. The highest BCUT2D eigenvalue weighted by Gasteiger charge is 2.12. The zero-order valence-corrected chi connectivity index (χ0v) is 11.4. The number of hydrogen-bond donors (Lipinski definition) is 0. The molecule has 0 unspecified atom stereocenters. The maximum Gasteiger partial charge on any atom is 0.337 e. The first-order chi connectivity index (χ1) is 10.3. The molecule has 0 aromatic heterocycles. The molecule has 1 aliphatic rings. The van der Waals surface area contributed by atoms with E-state index in [9.17, 15) is 4.79 Å². The Morgan fingerprint density at radius 1 is 1.14 bits per heavy atom. The summed E-state index contributed by atoms with van der Waals surface area (Å²) in [5, 5.41) is 0. The van der Waals surface area contributed by atoms with Gasteiger partial charge in [-0.2, -0.15) is 0 Å². The predicted molar refractivity (Wildman–Crippen MR) is 77.6 cm³/mol. The standard InChI is InChI=1S/C16H13NO4/c1-19-16(18)12-3-5-13(6-4-12)17-9-11-2-7-14-15(8-11)21-10-20-14/h2-9H,10H2,1H3. The van der Waals surface area contributed by atoms with Crippen LogP contribution in [-0.4, -0.2) is 26.1 Å². The molecule has 2 aromatic rings. The molecular weight excluding hydrogens is 270 g/mol. The summed E-state index contributed by atoms with van der Waals surface area (Å²) in [5.74, 6) is 1.11. The molecular formula is C16H13NO4. The minimum Gasteiger partial charge on any atom is -0.465 e. The first-order valence-electron chi connectivity index (χ1n) is 6.38. The molecule has 1 heterocycles. The van der Waals surface area contributed by atoms with Crippen molar-refractivity contribution in [3.63, 3.8) is 0 Å². The number of hydrogen-bond acceptors (Lipinski definition) is 5. The van der Waals surface area contributed by atoms with Gasteiger partial charge in [0, 0.05) is 6.21 Å². The number of carbonyl (C=O) groups excluding carboxylic acids is 1. The first-order valence-corrected chi connectivity index (χ1v) is 6.38. The van der Waals surface area contributed by atoms with E-state index >= 15 is 0 Å². The summed E-state index contributed by atoms with van der Waals surface area (Å²) in [5.41, 5.74) is 2.16. The third-order valence-electron chi connectivity index (χ3n) is 3.05. The Labute approximate surface area is 121 Å². The van der Waals surface area contributed by atoms with Crippen molar-refractivity contribution in [3.05, 3.63) is 53.6 Å². The maximum atomic E-state index is 11.3. The van der Waals surface area contributed by atoms with E-state index in [0.29, 0.717) is 5.56 Å². The number of rotatable bonds is 3. The minimum absolute atomic E-state index is 0.255. The van der Waals surface area contributed by atoms with Crippen LogP contribution in [0.1, 0.15) is 15.9 Å². The molecule has 5 heteroatoms. The van der Waals surface area contributed by atoms with Crippen LogP contribution in [0.25, 0.3) is 0 Å². The van der Waals surface area contributed by atoms with Gasteiger partial charge in [0.2, 0.25) is 6.79 Å². The van der Waals surface area contributed by atoms with Crippen LogP contribution in [-0.2, 0) is 4.74 Å². The lowest BCUT2D eigenvalue weighted by Crippen LogP contribution is -1.99. The van der Waals surface area contributed by atoms with Crippen LogP contribution in [0.15, 0.2) is 47.5 Å². The second kappa shape index (κ2) is 5.66. The topological polar surface area (TPSA) is 57.1 Å². The maximum absolute atomic E-state index is 11.3. The second-order valence-corrected chi connectivity index (χ2v) is 4.41. The molecule has 1 aliphatic heterocycles. The normalized spacial score (nSPS) is 12.6. The fraction of sp³-hybridized carbons (Fsp3) is 0.125. The first kappa shape index (κ1) is 13.2. The smallest absolute Gasteiger partial charge is 0.337 e. The van der Waals surface area contributed by atoms with E-state index in [0.717, 1.165) is 22.7 Å². The number of aliphatic imine (C=N–C) groups is 1. The highest BCUT2D eigenvalue weighted by Crippen LogP contribution is 2.32. The van der Waals surface area contributed by atoms with Gasteiger partial charge in [-0.3, -0.25) is 4.99 Å². The Kier molecular flexibility index (Phi) is 3.55. The third kappa shape index (κ3) is 2.86. The fourth-order valence-corrected chi connectivity index (χ4v) is 1.94. The lowest BCUT2D eigenvalue weighted by molar-refractivity contribution is 0.0601. The Bertz CT molecular complexity index is 692. The summed E-state index contributed by atoms with van der Waals surface area (Å²) in [4.78, 5) is 15.7. The number of esters is 1. The van der Waals surface area contributed by atoms with Crippen molar-refractivity contribution in [2.24, 2.45) is 4.99 Å². The van der Waals surface area contributed by atoms with E-state index in [4.69, 9.17) is 9.47 Å². The monoisotopic (exact) mass is 283 g/mol. The molecule has 0 fully saturated rings. The van der Waals surface area contributed by atoms with Crippen molar-refractivity contribution in [2.75, 3.05) is 13.9 Å². The highest BCUT2D eigenvalue weighted by molar-refractivity contribution is 5.90. The average molecular weight is 283 g/mol. The van der Waals surface area contributed by atoms with Crippen molar-refractivity contribution < 1.29 is 19.0 Å². The van der Waals surface area contributed by atoms with E-state index < -0.39 is 0 Å². The molecule has 5 nitrogen and oxygen atoms in total. The predicted octanol–water partition coefficient (Wildman–Crippen LogP) is 2.95. The average Bonchev–Trinajstić information content (AvgIpc) is 3.00. The molecule has 0 N–H and O–H groups in total. The molecule has 0 saturated heterocycles. The number of methoxy groups -OCH3 is 1. The molecule has 0 saturated carbocycles. The van der Waals surface area contributed by atoms with E-state index in [-0.39, 0.29) is 12.8 Å². The third-order valence-corrected chi connectivity index (χ3v) is 3.05. The lowest BCUT2D eigenvalue weighted by atomic mass is 10.2. The van der Waals surface area contributed by atoms with Gasteiger partial charge in [-0.15, -0.1) is 0 Å². The minimum atomic E-state index is -0.360. The van der Waals surface area contributed by atoms with Crippen molar-refractivity contribution in [2.45, 2.75) is 0 Å². The van der Waals surface area contributed by atoms with E-state index in [2.05, 4.69) is 9.73 Å². The van der Waals surface area contributed by atoms with E-state index in [1.165, 1.54) is 7.11 Å². The van der Waals surface area contributed by atoms with Crippen molar-refractivity contribution in [1.82, 2.24) is 0 Å². The van der Waals surface area contributed by atoms with Gasteiger partial charge in [0.1, 0.15) is 0 Å². The number of nitrogens with zero attached hydrogens (tertiary/aromatic N) is 1. The van der Waals surface area contributed by atoms with Gasteiger partial charge < -0.3 is 14.2 Å². The molecule has 21 heavy (non-hydrogen) atoms. The number of carbonyl (C=O) groups is 1. The second-order valence-electron chi connectivity index (χ2n) is 4.41. The quantitative estimate of drug-likeness (QED) is 0.642. The van der Waals surface area contributed by atoms with Gasteiger partial charge in [0.05, 0.1) is 18.4 Å². The van der Waals surface area contributed by atoms with Crippen molar-refractivity contribution in [1.29, 1.82) is 0 Å². The Morgan fingerprint density at radius 3 is 2.67 bits per heavy atom. The van der Waals surface area contributed by atoms with Gasteiger partial charge in [-0.25, -0.2) is 4.79 Å². The van der Waals surface area contributed by atoms with Crippen LogP contribution >= 0.6 is 0 Å². The van der Waals surface area contributed by atoms with Crippen LogP contribution in [0.3, 0.4) is 0 Å². The molecule has 0 spiro atoms. The summed E-state index contributed by atoms with van der Waals surface area (Å²) in [6.45, 7) is 0.255. The molecule has 106 valence electrons. The van der Waals surface area contributed by atoms with Gasteiger partial charge in [-0.05, 0) is 48.0 Å². The zero-order chi connectivity index (χ0) is 14.7. The van der Waals surface area contributed by atoms with Gasteiger partial charge in [-0.1, -0.05) is 0 Å². The number of ether oxygens (including phenoxy) is 3. The van der Waals surface area contributed by atoms with Gasteiger partial charge >= 0.3 is 5.97 Å². The lowest BCUT2D eigenvalue weighted by Gasteiger charge is -2.00. The van der Waals surface area contributed by atoms with Crippen LogP contribution in [0.5, 0.6) is 11.5 Å². The molecule has 0 atom stereocenters. The van der Waals surface area contributed by atoms with Crippen LogP contribution < -0.4 is 9.47 Å². The summed E-state index contributed by atoms with van der Waals surface area (Å²) in [7, 11) is 1.36. The van der Waals surface area contributed by atoms with E-state index in [1.54, 1.807) is 30.5 Å². The van der Waals surface area contributed by atoms with Crippen LogP contribution in [0, 0.1) is 0 Å². The Balaban J connectivity index is 1.75. The summed E-state index contributed by atoms with van der Waals surface area (Å²) in [6.07, 6.45) is 1.73. The Hall–Kier alpha value is -2.82. The molecule has 0 aliphatic carbocycles.